The van der Waals surface area contributed by atoms with Crippen LogP contribution < -0.4 is 10.2 Å². The molecule has 2 aliphatic heterocycles. The van der Waals surface area contributed by atoms with Gasteiger partial charge in [-0.3, -0.25) is 0 Å². The lowest BCUT2D eigenvalue weighted by atomic mass is 9.93. The van der Waals surface area contributed by atoms with Crippen LogP contribution in [0.25, 0.3) is 11.2 Å². The van der Waals surface area contributed by atoms with E-state index in [0.717, 1.165) is 47.7 Å². The molecule has 7 nitrogen and oxygen atoms in total. The molecule has 2 saturated heterocycles. The summed E-state index contributed by atoms with van der Waals surface area (Å²) >= 11 is 0. The molecule has 2 atom stereocenters. The number of halogens is 1. The molecule has 0 bridgehead atoms. The fourth-order valence-electron chi connectivity index (χ4n) is 4.26. The van der Waals surface area contributed by atoms with Crippen LogP contribution in [0.4, 0.5) is 15.8 Å². The number of hydrogen-bond donors (Lipinski definition) is 2. The number of fused-ring (bicyclic) bond motifs is 2. The van der Waals surface area contributed by atoms with E-state index >= 15 is 0 Å². The van der Waals surface area contributed by atoms with Crippen LogP contribution in [-0.2, 0) is 24.1 Å². The van der Waals surface area contributed by atoms with Crippen molar-refractivity contribution in [2.45, 2.75) is 31.5 Å². The van der Waals surface area contributed by atoms with Crippen molar-refractivity contribution >= 4 is 22.5 Å². The van der Waals surface area contributed by atoms with Crippen molar-refractivity contribution in [1.29, 1.82) is 0 Å². The van der Waals surface area contributed by atoms with Crippen LogP contribution in [0, 0.1) is 5.82 Å². The highest BCUT2D eigenvalue weighted by Gasteiger charge is 2.47. The van der Waals surface area contributed by atoms with E-state index < -0.39 is 0 Å². The van der Waals surface area contributed by atoms with Crippen LogP contribution in [0.1, 0.15) is 17.1 Å². The van der Waals surface area contributed by atoms with Gasteiger partial charge in [-0.25, -0.2) is 14.4 Å². The zero-order chi connectivity index (χ0) is 20.8. The summed E-state index contributed by atoms with van der Waals surface area (Å²) in [7, 11) is 0. The first kappa shape index (κ1) is 18.4. The van der Waals surface area contributed by atoms with E-state index in [2.05, 4.69) is 25.2 Å². The summed E-state index contributed by atoms with van der Waals surface area (Å²) in [5.74, 6) is 1.60. The molecule has 1 aromatic carbocycles. The number of aryl methyl sites for hydroxylation is 2. The van der Waals surface area contributed by atoms with E-state index in [4.69, 9.17) is 9.15 Å². The molecule has 6 rings (SSSR count). The van der Waals surface area contributed by atoms with Crippen LogP contribution >= 0.6 is 0 Å². The second-order valence-corrected chi connectivity index (χ2v) is 8.05. The molecule has 31 heavy (non-hydrogen) atoms. The van der Waals surface area contributed by atoms with E-state index in [1.807, 2.05) is 30.3 Å². The van der Waals surface area contributed by atoms with E-state index in [0.29, 0.717) is 30.5 Å². The van der Waals surface area contributed by atoms with Gasteiger partial charge in [-0.15, -0.1) is 0 Å². The number of pyridine rings is 1. The molecule has 0 radical (unpaired) electrons. The number of aromatic nitrogens is 3. The Kier molecular flexibility index (Phi) is 4.38. The number of aromatic amines is 1. The molecule has 3 aromatic heterocycles. The minimum Gasteiger partial charge on any atom is -0.469 e. The summed E-state index contributed by atoms with van der Waals surface area (Å²) in [6, 6.07) is 11.5. The maximum Gasteiger partial charge on any atom is 0.179 e. The predicted octanol–water partition coefficient (Wildman–Crippen LogP) is 3.67. The number of nitrogens with zero attached hydrogens (tertiary/aromatic N) is 3. The third-order valence-electron chi connectivity index (χ3n) is 6.12. The SMILES string of the molecule is Fc1cc(CNc2ccnc3nc(CCc4ccco4)[nH]c23)ccc1N1CC2OC[C@H]21. The molecular formula is C23H22FN5O2. The Morgan fingerprint density at radius 1 is 1.23 bits per heavy atom. The van der Waals surface area contributed by atoms with Crippen molar-refractivity contribution in [3.05, 3.63) is 71.8 Å². The van der Waals surface area contributed by atoms with Crippen molar-refractivity contribution in [3.63, 3.8) is 0 Å². The fourth-order valence-corrected chi connectivity index (χ4v) is 4.26. The summed E-state index contributed by atoms with van der Waals surface area (Å²) in [6.07, 6.45) is 5.19. The van der Waals surface area contributed by atoms with E-state index in [1.165, 1.54) is 0 Å². The Morgan fingerprint density at radius 2 is 2.19 bits per heavy atom. The van der Waals surface area contributed by atoms with Gasteiger partial charge in [0.05, 0.1) is 36.4 Å². The Hall–Kier alpha value is -3.39. The molecule has 5 heterocycles. The standard InChI is InChI=1S/C23H22FN5O2/c24-16-10-14(3-5-18(16)29-12-20-19(29)13-31-20)11-26-17-7-8-25-23-22(17)27-21(28-23)6-4-15-2-1-9-30-15/h1-3,5,7-10,19-20H,4,6,11-13H2,(H2,25,26,27,28)/t19-,20?/m1/s1. The molecular weight excluding hydrogens is 397 g/mol. The van der Waals surface area contributed by atoms with Gasteiger partial charge in [0, 0.05) is 32.1 Å². The van der Waals surface area contributed by atoms with Gasteiger partial charge < -0.3 is 24.4 Å². The van der Waals surface area contributed by atoms with Gasteiger partial charge in [0.15, 0.2) is 5.65 Å². The van der Waals surface area contributed by atoms with Crippen molar-refractivity contribution in [2.24, 2.45) is 0 Å². The number of rotatable bonds is 7. The number of ether oxygens (including phenoxy) is 1. The molecule has 158 valence electrons. The maximum absolute atomic E-state index is 14.7. The fraction of sp³-hybridized carbons (Fsp3) is 0.304. The quantitative estimate of drug-likeness (QED) is 0.476. The van der Waals surface area contributed by atoms with Crippen LogP contribution in [0.15, 0.2) is 53.3 Å². The van der Waals surface area contributed by atoms with Crippen molar-refractivity contribution in [2.75, 3.05) is 23.4 Å². The number of hydrogen-bond acceptors (Lipinski definition) is 6. The second kappa shape index (κ2) is 7.39. The lowest BCUT2D eigenvalue weighted by Gasteiger charge is -2.56. The highest BCUT2D eigenvalue weighted by atomic mass is 19.1. The van der Waals surface area contributed by atoms with Gasteiger partial charge in [0.2, 0.25) is 0 Å². The van der Waals surface area contributed by atoms with Crippen LogP contribution in [-0.4, -0.2) is 40.2 Å². The number of morpholine rings is 1. The summed E-state index contributed by atoms with van der Waals surface area (Å²) in [5, 5.41) is 3.39. The lowest BCUT2D eigenvalue weighted by Crippen LogP contribution is -2.71. The topological polar surface area (TPSA) is 79.2 Å². The maximum atomic E-state index is 14.7. The van der Waals surface area contributed by atoms with Crippen LogP contribution in [0.3, 0.4) is 0 Å². The first-order chi connectivity index (χ1) is 15.2. The number of benzene rings is 1. The first-order valence-electron chi connectivity index (χ1n) is 10.5. The minimum absolute atomic E-state index is 0.189. The van der Waals surface area contributed by atoms with Gasteiger partial charge in [0.1, 0.15) is 22.9 Å². The van der Waals surface area contributed by atoms with Crippen LogP contribution in [0.5, 0.6) is 0 Å². The molecule has 0 amide bonds. The number of H-pyrrole nitrogens is 1. The molecule has 2 fully saturated rings. The van der Waals surface area contributed by atoms with Crippen molar-refractivity contribution < 1.29 is 13.5 Å². The van der Waals surface area contributed by atoms with E-state index in [9.17, 15) is 4.39 Å². The van der Waals surface area contributed by atoms with Gasteiger partial charge in [0.25, 0.3) is 0 Å². The Morgan fingerprint density at radius 3 is 2.94 bits per heavy atom. The highest BCUT2D eigenvalue weighted by molar-refractivity contribution is 5.85. The lowest BCUT2D eigenvalue weighted by molar-refractivity contribution is -0.113. The van der Waals surface area contributed by atoms with E-state index in [-0.39, 0.29) is 11.9 Å². The average molecular weight is 419 g/mol. The molecule has 0 spiro atoms. The molecule has 0 aliphatic carbocycles. The minimum atomic E-state index is -0.189. The normalized spacial score (nSPS) is 19.7. The van der Waals surface area contributed by atoms with Crippen molar-refractivity contribution in [3.8, 4) is 0 Å². The highest BCUT2D eigenvalue weighted by Crippen LogP contribution is 2.36. The number of furan rings is 1. The van der Waals surface area contributed by atoms with Gasteiger partial charge in [-0.1, -0.05) is 6.07 Å². The molecule has 4 aromatic rings. The van der Waals surface area contributed by atoms with Crippen molar-refractivity contribution in [1.82, 2.24) is 15.0 Å². The largest absolute Gasteiger partial charge is 0.469 e. The summed E-state index contributed by atoms with van der Waals surface area (Å²) in [4.78, 5) is 14.4. The molecule has 2 N–H and O–H groups in total. The molecule has 1 unspecified atom stereocenters. The number of nitrogens with one attached hydrogen (secondary N) is 2. The van der Waals surface area contributed by atoms with E-state index in [1.54, 1.807) is 18.5 Å². The second-order valence-electron chi connectivity index (χ2n) is 8.05. The smallest absolute Gasteiger partial charge is 0.179 e. The zero-order valence-electron chi connectivity index (χ0n) is 16.8. The monoisotopic (exact) mass is 419 g/mol. The molecule has 2 aliphatic rings. The summed E-state index contributed by atoms with van der Waals surface area (Å²) < 4.78 is 25.5. The number of imidazole rings is 1. The van der Waals surface area contributed by atoms with Gasteiger partial charge in [-0.05, 0) is 35.9 Å². The number of anilines is 2. The average Bonchev–Trinajstić information content (AvgIpc) is 3.42. The Labute approximate surface area is 178 Å². The van der Waals surface area contributed by atoms with Crippen LogP contribution in [0.2, 0.25) is 0 Å². The summed E-state index contributed by atoms with van der Waals surface area (Å²) in [5.41, 5.74) is 3.95. The third-order valence-corrected chi connectivity index (χ3v) is 6.12. The third kappa shape index (κ3) is 3.33. The van der Waals surface area contributed by atoms with Gasteiger partial charge >= 0.3 is 0 Å². The van der Waals surface area contributed by atoms with Gasteiger partial charge in [-0.2, -0.15) is 0 Å². The Bertz CT molecular complexity index is 1220. The predicted molar refractivity (Wildman–Crippen MR) is 115 cm³/mol. The zero-order valence-corrected chi connectivity index (χ0v) is 16.8. The summed E-state index contributed by atoms with van der Waals surface area (Å²) in [6.45, 7) is 1.97. The molecule has 0 saturated carbocycles. The Balaban J connectivity index is 1.15. The molecule has 8 heteroatoms. The first-order valence-corrected chi connectivity index (χ1v) is 10.5.